The summed E-state index contributed by atoms with van der Waals surface area (Å²) in [5, 5.41) is 11.7. The summed E-state index contributed by atoms with van der Waals surface area (Å²) in [6, 6.07) is 15.8. The molecule has 7 heteroatoms. The third kappa shape index (κ3) is 4.45. The van der Waals surface area contributed by atoms with Gasteiger partial charge in [-0.05, 0) is 48.9 Å². The molecule has 1 heterocycles. The van der Waals surface area contributed by atoms with Crippen molar-refractivity contribution in [1.29, 1.82) is 5.26 Å². The topological polar surface area (TPSA) is 92.3 Å². The molecule has 1 amide bonds. The highest BCUT2D eigenvalue weighted by Crippen LogP contribution is 2.28. The van der Waals surface area contributed by atoms with E-state index in [9.17, 15) is 19.2 Å². The van der Waals surface area contributed by atoms with Gasteiger partial charge in [0.2, 0.25) is 0 Å². The molecular weight excluding hydrogens is 387 g/mol. The predicted molar refractivity (Wildman–Crippen MR) is 109 cm³/mol. The lowest BCUT2D eigenvalue weighted by atomic mass is 10.0. The Morgan fingerprint density at radius 2 is 1.93 bits per heavy atom. The Morgan fingerprint density at radius 1 is 1.17 bits per heavy atom. The van der Waals surface area contributed by atoms with Crippen molar-refractivity contribution in [3.05, 3.63) is 82.9 Å². The molecule has 0 radical (unpaired) electrons. The first kappa shape index (κ1) is 20.6. The first-order valence-corrected chi connectivity index (χ1v) is 8.89. The fraction of sp³-hybridized carbons (Fsp3) is 0.0870. The van der Waals surface area contributed by atoms with E-state index in [0.29, 0.717) is 16.9 Å². The Morgan fingerprint density at radius 3 is 2.63 bits per heavy atom. The van der Waals surface area contributed by atoms with Crippen LogP contribution in [0.5, 0.6) is 0 Å². The van der Waals surface area contributed by atoms with Gasteiger partial charge in [0, 0.05) is 11.6 Å². The number of furan rings is 1. The molecule has 0 unspecified atom stereocenters. The lowest BCUT2D eigenvalue weighted by Gasteiger charge is -2.06. The van der Waals surface area contributed by atoms with Crippen LogP contribution in [-0.4, -0.2) is 19.0 Å². The van der Waals surface area contributed by atoms with Gasteiger partial charge in [-0.2, -0.15) is 5.26 Å². The van der Waals surface area contributed by atoms with E-state index in [-0.39, 0.29) is 17.0 Å². The van der Waals surface area contributed by atoms with E-state index in [1.165, 1.54) is 31.4 Å². The summed E-state index contributed by atoms with van der Waals surface area (Å²) < 4.78 is 24.2. The first-order valence-electron chi connectivity index (χ1n) is 8.89. The fourth-order valence-corrected chi connectivity index (χ4v) is 2.75. The number of para-hydroxylation sites is 1. The minimum atomic E-state index is -0.760. The van der Waals surface area contributed by atoms with Crippen LogP contribution in [0.3, 0.4) is 0 Å². The van der Waals surface area contributed by atoms with E-state index in [4.69, 9.17) is 9.15 Å². The minimum absolute atomic E-state index is 0.0287. The number of benzene rings is 2. The van der Waals surface area contributed by atoms with Crippen molar-refractivity contribution < 1.29 is 23.1 Å². The van der Waals surface area contributed by atoms with Crippen LogP contribution < -0.4 is 5.32 Å². The van der Waals surface area contributed by atoms with Gasteiger partial charge in [0.1, 0.15) is 29.0 Å². The van der Waals surface area contributed by atoms with Crippen LogP contribution in [0.15, 0.2) is 64.6 Å². The van der Waals surface area contributed by atoms with E-state index in [0.717, 1.165) is 5.56 Å². The van der Waals surface area contributed by atoms with E-state index in [1.807, 2.05) is 6.92 Å². The van der Waals surface area contributed by atoms with Crippen LogP contribution in [0.2, 0.25) is 0 Å². The van der Waals surface area contributed by atoms with Gasteiger partial charge in [0.25, 0.3) is 5.91 Å². The lowest BCUT2D eigenvalue weighted by molar-refractivity contribution is -0.112. The van der Waals surface area contributed by atoms with Crippen molar-refractivity contribution in [2.75, 3.05) is 12.4 Å². The summed E-state index contributed by atoms with van der Waals surface area (Å²) in [4.78, 5) is 24.1. The van der Waals surface area contributed by atoms with Gasteiger partial charge in [0.15, 0.2) is 0 Å². The number of nitriles is 1. The molecule has 2 aromatic carbocycles. The largest absolute Gasteiger partial charge is 0.465 e. The zero-order chi connectivity index (χ0) is 21.7. The fourth-order valence-electron chi connectivity index (χ4n) is 2.75. The number of methoxy groups -OCH3 is 1. The van der Waals surface area contributed by atoms with Crippen molar-refractivity contribution in [3.8, 4) is 17.4 Å². The summed E-state index contributed by atoms with van der Waals surface area (Å²) in [7, 11) is 1.30. The molecule has 3 aromatic rings. The Labute approximate surface area is 172 Å². The molecule has 0 saturated carbocycles. The molecule has 6 nitrogen and oxygen atoms in total. The van der Waals surface area contributed by atoms with E-state index in [1.54, 1.807) is 42.5 Å². The molecule has 0 atom stereocenters. The molecule has 1 N–H and O–H groups in total. The molecule has 0 fully saturated rings. The number of rotatable bonds is 5. The predicted octanol–water partition coefficient (Wildman–Crippen LogP) is 4.73. The van der Waals surface area contributed by atoms with Crippen molar-refractivity contribution >= 4 is 23.6 Å². The average Bonchev–Trinajstić information content (AvgIpc) is 3.21. The Bertz CT molecular complexity index is 1190. The van der Waals surface area contributed by atoms with Gasteiger partial charge < -0.3 is 14.5 Å². The lowest BCUT2D eigenvalue weighted by Crippen LogP contribution is -2.14. The van der Waals surface area contributed by atoms with Crippen molar-refractivity contribution in [1.82, 2.24) is 0 Å². The molecule has 1 aromatic heterocycles. The summed E-state index contributed by atoms with van der Waals surface area (Å²) in [6.07, 6.45) is 1.26. The van der Waals surface area contributed by atoms with Crippen LogP contribution in [0.25, 0.3) is 17.4 Å². The molecule has 3 rings (SSSR count). The molecule has 0 saturated heterocycles. The summed E-state index contributed by atoms with van der Waals surface area (Å²) in [6.45, 7) is 1.86. The van der Waals surface area contributed by atoms with E-state index >= 15 is 0 Å². The molecule has 0 aliphatic rings. The van der Waals surface area contributed by atoms with Crippen molar-refractivity contribution in [2.45, 2.75) is 6.92 Å². The van der Waals surface area contributed by atoms with Gasteiger partial charge in [-0.1, -0.05) is 18.2 Å². The molecule has 150 valence electrons. The maximum atomic E-state index is 13.7. The van der Waals surface area contributed by atoms with E-state index < -0.39 is 17.7 Å². The standard InChI is InChI=1S/C23H17FN2O4/c1-14-7-8-15(23(28)29-2)12-18(14)21-10-9-17(30-21)11-16(13-25)22(27)26-20-6-4-3-5-19(20)24/h3-12H,1-2H3,(H,26,27)/b16-11-. The Hall–Kier alpha value is -4.18. The number of nitrogens with zero attached hydrogens (tertiary/aromatic N) is 1. The number of carbonyl (C=O) groups is 2. The highest BCUT2D eigenvalue weighted by molar-refractivity contribution is 6.09. The van der Waals surface area contributed by atoms with Gasteiger partial charge in [-0.25, -0.2) is 9.18 Å². The van der Waals surface area contributed by atoms with Crippen molar-refractivity contribution in [2.24, 2.45) is 0 Å². The highest BCUT2D eigenvalue weighted by Gasteiger charge is 2.15. The smallest absolute Gasteiger partial charge is 0.337 e. The van der Waals surface area contributed by atoms with Crippen LogP contribution in [-0.2, 0) is 9.53 Å². The van der Waals surface area contributed by atoms with Gasteiger partial charge in [0.05, 0.1) is 18.4 Å². The maximum Gasteiger partial charge on any atom is 0.337 e. The van der Waals surface area contributed by atoms with Gasteiger partial charge >= 0.3 is 5.97 Å². The number of aryl methyl sites for hydroxylation is 1. The third-order valence-electron chi connectivity index (χ3n) is 4.32. The number of amides is 1. The van der Waals surface area contributed by atoms with Gasteiger partial charge in [-0.3, -0.25) is 4.79 Å². The second kappa shape index (κ2) is 8.88. The van der Waals surface area contributed by atoms with Crippen LogP contribution in [0.4, 0.5) is 10.1 Å². The number of hydrogen-bond acceptors (Lipinski definition) is 5. The van der Waals surface area contributed by atoms with Crippen LogP contribution >= 0.6 is 0 Å². The molecule has 0 aliphatic carbocycles. The number of anilines is 1. The molecule has 0 aliphatic heterocycles. The molecule has 0 spiro atoms. The minimum Gasteiger partial charge on any atom is -0.465 e. The second-order valence-electron chi connectivity index (χ2n) is 6.33. The number of ether oxygens (including phenoxy) is 1. The monoisotopic (exact) mass is 404 g/mol. The van der Waals surface area contributed by atoms with Gasteiger partial charge in [-0.15, -0.1) is 0 Å². The van der Waals surface area contributed by atoms with Crippen LogP contribution in [0, 0.1) is 24.1 Å². The zero-order valence-electron chi connectivity index (χ0n) is 16.2. The average molecular weight is 404 g/mol. The SMILES string of the molecule is COC(=O)c1ccc(C)c(-c2ccc(/C=C(/C#N)C(=O)Nc3ccccc3F)o2)c1. The summed E-state index contributed by atoms with van der Waals surface area (Å²) in [5.41, 5.74) is 1.63. The van der Waals surface area contributed by atoms with Crippen LogP contribution in [0.1, 0.15) is 21.7 Å². The number of carbonyl (C=O) groups excluding carboxylic acids is 2. The number of esters is 1. The number of nitrogens with one attached hydrogen (secondary N) is 1. The number of halogens is 1. The van der Waals surface area contributed by atoms with E-state index in [2.05, 4.69) is 5.32 Å². The zero-order valence-corrected chi connectivity index (χ0v) is 16.2. The quantitative estimate of drug-likeness (QED) is 0.377. The summed E-state index contributed by atoms with van der Waals surface area (Å²) in [5.74, 6) is -1.13. The number of hydrogen-bond donors (Lipinski definition) is 1. The first-order chi connectivity index (χ1) is 14.4. The second-order valence-corrected chi connectivity index (χ2v) is 6.33. The maximum absolute atomic E-state index is 13.7. The Balaban J connectivity index is 1.87. The Kier molecular flexibility index (Phi) is 6.08. The van der Waals surface area contributed by atoms with Crippen molar-refractivity contribution in [3.63, 3.8) is 0 Å². The third-order valence-corrected chi connectivity index (χ3v) is 4.32. The molecular formula is C23H17FN2O4. The highest BCUT2D eigenvalue weighted by atomic mass is 19.1. The summed E-state index contributed by atoms with van der Waals surface area (Å²) >= 11 is 0. The molecule has 0 bridgehead atoms. The molecule has 30 heavy (non-hydrogen) atoms. The normalized spacial score (nSPS) is 10.9.